The van der Waals surface area contributed by atoms with Crippen LogP contribution < -0.4 is 10.6 Å². The van der Waals surface area contributed by atoms with E-state index >= 15 is 0 Å². The van der Waals surface area contributed by atoms with Crippen molar-refractivity contribution in [2.45, 2.75) is 26.2 Å². The number of aromatic carboxylic acids is 1. The van der Waals surface area contributed by atoms with Gasteiger partial charge in [0.05, 0.1) is 10.9 Å². The smallest absolute Gasteiger partial charge is 0.407 e. The lowest BCUT2D eigenvalue weighted by molar-refractivity contribution is -0.124. The Morgan fingerprint density at radius 1 is 1.06 bits per heavy atom. The molecule has 2 amide bonds. The minimum absolute atomic E-state index is 0.0231. The fourth-order valence-corrected chi connectivity index (χ4v) is 5.13. The average Bonchev–Trinajstić information content (AvgIpc) is 3.38. The zero-order chi connectivity index (χ0) is 24.9. The zero-order valence-corrected chi connectivity index (χ0v) is 20.4. The largest absolute Gasteiger partial charge is 0.476 e. The molecule has 3 aromatic rings. The van der Waals surface area contributed by atoms with Gasteiger partial charge in [-0.2, -0.15) is 0 Å². The molecule has 0 radical (unpaired) electrons. The Morgan fingerprint density at radius 3 is 2.29 bits per heavy atom. The first kappa shape index (κ1) is 24.4. The second-order valence-electron chi connectivity index (χ2n) is 8.47. The standard InChI is InChI=1S/C26H27N3O5S/c1-15(24(30)27-12-11-22-29-23(25(31)32)16(2)35-22)13-28-26(33)34-14-21-19-9-5-3-7-17(19)18-8-4-6-10-20(18)21/h3-10,15,21H,11-14H2,1-2H3,(H,27,30)(H,28,33)(H,31,32). The molecule has 1 unspecified atom stereocenters. The third-order valence-electron chi connectivity index (χ3n) is 6.03. The fourth-order valence-electron chi connectivity index (χ4n) is 4.20. The molecule has 182 valence electrons. The monoisotopic (exact) mass is 493 g/mol. The summed E-state index contributed by atoms with van der Waals surface area (Å²) in [4.78, 5) is 40.5. The number of thiazole rings is 1. The first-order valence-electron chi connectivity index (χ1n) is 11.4. The van der Waals surface area contributed by atoms with E-state index < -0.39 is 18.0 Å². The summed E-state index contributed by atoms with van der Waals surface area (Å²) in [7, 11) is 0. The molecule has 2 aromatic carbocycles. The molecule has 1 aliphatic carbocycles. The number of aromatic nitrogens is 1. The number of nitrogens with zero attached hydrogens (tertiary/aromatic N) is 1. The van der Waals surface area contributed by atoms with Gasteiger partial charge in [0, 0.05) is 30.3 Å². The van der Waals surface area contributed by atoms with Gasteiger partial charge in [-0.1, -0.05) is 55.5 Å². The maximum atomic E-state index is 12.4. The van der Waals surface area contributed by atoms with E-state index in [0.29, 0.717) is 22.9 Å². The number of aryl methyl sites for hydroxylation is 1. The molecule has 1 aliphatic rings. The Labute approximate surface area is 207 Å². The number of fused-ring (bicyclic) bond motifs is 3. The minimum Gasteiger partial charge on any atom is -0.476 e. The van der Waals surface area contributed by atoms with Gasteiger partial charge in [-0.3, -0.25) is 4.79 Å². The second kappa shape index (κ2) is 10.7. The molecule has 35 heavy (non-hydrogen) atoms. The maximum absolute atomic E-state index is 12.4. The van der Waals surface area contributed by atoms with Crippen LogP contribution in [0.5, 0.6) is 0 Å². The highest BCUT2D eigenvalue weighted by Crippen LogP contribution is 2.44. The number of carboxylic acid groups (broad SMARTS) is 1. The van der Waals surface area contributed by atoms with Crippen LogP contribution >= 0.6 is 11.3 Å². The summed E-state index contributed by atoms with van der Waals surface area (Å²) >= 11 is 1.31. The van der Waals surface area contributed by atoms with Crippen molar-refractivity contribution in [3.8, 4) is 11.1 Å². The number of nitrogens with one attached hydrogen (secondary N) is 2. The first-order chi connectivity index (χ1) is 16.8. The molecule has 1 heterocycles. The number of alkyl carbamates (subject to hydrolysis) is 1. The van der Waals surface area contributed by atoms with Crippen molar-refractivity contribution in [3.05, 3.63) is 75.2 Å². The van der Waals surface area contributed by atoms with Gasteiger partial charge in [0.2, 0.25) is 5.91 Å². The van der Waals surface area contributed by atoms with Crippen molar-refractivity contribution in [2.75, 3.05) is 19.7 Å². The van der Waals surface area contributed by atoms with Gasteiger partial charge in [-0.05, 0) is 29.2 Å². The van der Waals surface area contributed by atoms with E-state index in [2.05, 4.69) is 39.9 Å². The molecule has 9 heteroatoms. The van der Waals surface area contributed by atoms with Crippen LogP contribution in [-0.4, -0.2) is 47.8 Å². The number of carboxylic acids is 1. The Hall–Kier alpha value is -3.72. The van der Waals surface area contributed by atoms with E-state index in [0.717, 1.165) is 22.3 Å². The Bertz CT molecular complexity index is 1210. The molecular weight excluding hydrogens is 466 g/mol. The van der Waals surface area contributed by atoms with Crippen molar-refractivity contribution in [2.24, 2.45) is 5.92 Å². The summed E-state index contributed by atoms with van der Waals surface area (Å²) in [5.41, 5.74) is 4.65. The lowest BCUT2D eigenvalue weighted by Gasteiger charge is -2.16. The minimum atomic E-state index is -1.05. The predicted octanol–water partition coefficient (Wildman–Crippen LogP) is 3.98. The van der Waals surface area contributed by atoms with Gasteiger partial charge in [0.25, 0.3) is 0 Å². The molecular formula is C26H27N3O5S. The van der Waals surface area contributed by atoms with Crippen LogP contribution in [0.4, 0.5) is 4.79 Å². The summed E-state index contributed by atoms with van der Waals surface area (Å²) in [6.07, 6.45) is -0.122. The third kappa shape index (κ3) is 5.51. The molecule has 1 atom stereocenters. The molecule has 0 aliphatic heterocycles. The molecule has 1 aromatic heterocycles. The molecule has 0 saturated heterocycles. The lowest BCUT2D eigenvalue weighted by atomic mass is 9.98. The Morgan fingerprint density at radius 2 is 1.69 bits per heavy atom. The lowest BCUT2D eigenvalue weighted by Crippen LogP contribution is -2.38. The number of carbonyl (C=O) groups is 3. The van der Waals surface area contributed by atoms with E-state index in [1.54, 1.807) is 13.8 Å². The molecule has 3 N–H and O–H groups in total. The summed E-state index contributed by atoms with van der Waals surface area (Å²) < 4.78 is 5.51. The third-order valence-corrected chi connectivity index (χ3v) is 7.06. The van der Waals surface area contributed by atoms with Crippen molar-refractivity contribution in [3.63, 3.8) is 0 Å². The molecule has 4 rings (SSSR count). The van der Waals surface area contributed by atoms with Crippen LogP contribution in [0.2, 0.25) is 0 Å². The van der Waals surface area contributed by atoms with Crippen LogP contribution in [0.1, 0.15) is 44.3 Å². The van der Waals surface area contributed by atoms with Crippen LogP contribution in [0, 0.1) is 12.8 Å². The van der Waals surface area contributed by atoms with Crippen molar-refractivity contribution in [1.29, 1.82) is 0 Å². The number of carbonyl (C=O) groups excluding carboxylic acids is 2. The summed E-state index contributed by atoms with van der Waals surface area (Å²) in [5.74, 6) is -1.74. The highest BCUT2D eigenvalue weighted by molar-refractivity contribution is 7.11. The van der Waals surface area contributed by atoms with Crippen LogP contribution in [0.3, 0.4) is 0 Å². The quantitative estimate of drug-likeness (QED) is 0.415. The number of amides is 2. The number of hydrogen-bond donors (Lipinski definition) is 3. The number of rotatable bonds is 9. The average molecular weight is 494 g/mol. The Kier molecular flexibility index (Phi) is 7.45. The van der Waals surface area contributed by atoms with Gasteiger partial charge in [-0.25, -0.2) is 14.6 Å². The SMILES string of the molecule is Cc1sc(CCNC(=O)C(C)CNC(=O)OCC2c3ccccc3-c3ccccc32)nc1C(=O)O. The van der Waals surface area contributed by atoms with Gasteiger partial charge in [0.1, 0.15) is 6.61 Å². The molecule has 0 saturated carbocycles. The molecule has 0 spiro atoms. The van der Waals surface area contributed by atoms with Crippen LogP contribution in [-0.2, 0) is 16.0 Å². The van der Waals surface area contributed by atoms with Crippen LogP contribution in [0.25, 0.3) is 11.1 Å². The van der Waals surface area contributed by atoms with E-state index in [1.165, 1.54) is 11.3 Å². The topological polar surface area (TPSA) is 118 Å². The van der Waals surface area contributed by atoms with E-state index in [-0.39, 0.29) is 30.7 Å². The summed E-state index contributed by atoms with van der Waals surface area (Å²) in [6, 6.07) is 16.3. The fraction of sp³-hybridized carbons (Fsp3) is 0.308. The number of hydrogen-bond acceptors (Lipinski definition) is 6. The molecule has 0 fully saturated rings. The van der Waals surface area contributed by atoms with E-state index in [4.69, 9.17) is 9.84 Å². The Balaban J connectivity index is 1.21. The second-order valence-corrected chi connectivity index (χ2v) is 9.75. The van der Waals surface area contributed by atoms with Gasteiger partial charge in [-0.15, -0.1) is 11.3 Å². The summed E-state index contributed by atoms with van der Waals surface area (Å²) in [5, 5.41) is 15.2. The summed E-state index contributed by atoms with van der Waals surface area (Å²) in [6.45, 7) is 4.11. The highest BCUT2D eigenvalue weighted by atomic mass is 32.1. The number of benzene rings is 2. The maximum Gasteiger partial charge on any atom is 0.407 e. The normalized spacial score (nSPS) is 13.0. The van der Waals surface area contributed by atoms with Gasteiger partial charge in [0.15, 0.2) is 5.69 Å². The van der Waals surface area contributed by atoms with Crippen molar-refractivity contribution < 1.29 is 24.2 Å². The number of ether oxygens (including phenoxy) is 1. The highest BCUT2D eigenvalue weighted by Gasteiger charge is 2.29. The van der Waals surface area contributed by atoms with Gasteiger partial charge < -0.3 is 20.5 Å². The van der Waals surface area contributed by atoms with Crippen molar-refractivity contribution >= 4 is 29.3 Å². The van der Waals surface area contributed by atoms with Crippen LogP contribution in [0.15, 0.2) is 48.5 Å². The van der Waals surface area contributed by atoms with Gasteiger partial charge >= 0.3 is 12.1 Å². The van der Waals surface area contributed by atoms with E-state index in [1.807, 2.05) is 24.3 Å². The predicted molar refractivity (Wildman–Crippen MR) is 133 cm³/mol. The zero-order valence-electron chi connectivity index (χ0n) is 19.5. The molecule has 0 bridgehead atoms. The van der Waals surface area contributed by atoms with E-state index in [9.17, 15) is 14.4 Å². The van der Waals surface area contributed by atoms with Crippen molar-refractivity contribution in [1.82, 2.24) is 15.6 Å². The molecule has 8 nitrogen and oxygen atoms in total. The first-order valence-corrected chi connectivity index (χ1v) is 12.2.